The molecule has 0 spiro atoms. The zero-order valence-electron chi connectivity index (χ0n) is 20.2. The first-order chi connectivity index (χ1) is 16.5. The number of imidazole rings is 2. The predicted molar refractivity (Wildman–Crippen MR) is 148 cm³/mol. The molecular weight excluding hydrogens is 458 g/mol. The molecule has 0 amide bonds. The van der Waals surface area contributed by atoms with Crippen LogP contribution in [0, 0.1) is 0 Å². The zero-order chi connectivity index (χ0) is 23.2. The lowest BCUT2D eigenvalue weighted by atomic mass is 10.2. The summed E-state index contributed by atoms with van der Waals surface area (Å²) >= 11 is 0. The summed E-state index contributed by atoms with van der Waals surface area (Å²) in [7, 11) is 6.27. The van der Waals surface area contributed by atoms with Crippen molar-refractivity contribution in [1.82, 2.24) is 24.8 Å². The number of rotatable bonds is 4. The molecule has 1 aliphatic rings. The van der Waals surface area contributed by atoms with Crippen LogP contribution >= 0.6 is 12.4 Å². The lowest BCUT2D eigenvalue weighted by Gasteiger charge is -2.34. The molecule has 2 aromatic heterocycles. The van der Waals surface area contributed by atoms with Gasteiger partial charge in [0.25, 0.3) is 0 Å². The molecule has 0 atom stereocenters. The van der Waals surface area contributed by atoms with Crippen molar-refractivity contribution in [2.24, 2.45) is 0 Å². The molecule has 0 saturated carbocycles. The Hall–Kier alpha value is -3.55. The van der Waals surface area contributed by atoms with Gasteiger partial charge in [-0.3, -0.25) is 0 Å². The van der Waals surface area contributed by atoms with Gasteiger partial charge in [-0.25, -0.2) is 9.97 Å². The van der Waals surface area contributed by atoms with Gasteiger partial charge in [-0.05, 0) is 67.7 Å². The highest BCUT2D eigenvalue weighted by atomic mass is 35.5. The van der Waals surface area contributed by atoms with Crippen molar-refractivity contribution >= 4 is 45.8 Å². The summed E-state index contributed by atoms with van der Waals surface area (Å²) in [6.07, 6.45) is 0. The molecule has 0 unspecified atom stereocenters. The normalized spacial score (nSPS) is 14.4. The van der Waals surface area contributed by atoms with Gasteiger partial charge >= 0.3 is 0 Å². The van der Waals surface area contributed by atoms with Crippen LogP contribution in [-0.4, -0.2) is 72.2 Å². The number of anilines is 2. The topological polar surface area (TPSA) is 67.1 Å². The summed E-state index contributed by atoms with van der Waals surface area (Å²) in [5, 5.41) is 0. The van der Waals surface area contributed by atoms with Gasteiger partial charge in [-0.15, -0.1) is 12.4 Å². The maximum atomic E-state index is 4.86. The minimum Gasteiger partial charge on any atom is -0.378 e. The molecule has 8 heteroatoms. The molecule has 0 bridgehead atoms. The number of aromatic nitrogens is 4. The van der Waals surface area contributed by atoms with Gasteiger partial charge in [0.05, 0.1) is 22.1 Å². The molecule has 35 heavy (non-hydrogen) atoms. The summed E-state index contributed by atoms with van der Waals surface area (Å²) in [5.74, 6) is 1.75. The fourth-order valence-corrected chi connectivity index (χ4v) is 4.61. The van der Waals surface area contributed by atoms with Crippen LogP contribution < -0.4 is 9.80 Å². The molecule has 3 aromatic carbocycles. The smallest absolute Gasteiger partial charge is 0.138 e. The van der Waals surface area contributed by atoms with E-state index in [0.29, 0.717) is 0 Å². The van der Waals surface area contributed by atoms with Crippen molar-refractivity contribution in [3.8, 4) is 22.8 Å². The average Bonchev–Trinajstić information content (AvgIpc) is 3.48. The molecule has 3 heterocycles. The van der Waals surface area contributed by atoms with Crippen molar-refractivity contribution in [1.29, 1.82) is 0 Å². The Kier molecular flexibility index (Phi) is 6.13. The summed E-state index contributed by atoms with van der Waals surface area (Å²) < 4.78 is 0. The molecule has 2 N–H and O–H groups in total. The molecule has 7 nitrogen and oxygen atoms in total. The van der Waals surface area contributed by atoms with Crippen LogP contribution in [0.4, 0.5) is 11.4 Å². The van der Waals surface area contributed by atoms with Crippen LogP contribution in [0.25, 0.3) is 44.8 Å². The van der Waals surface area contributed by atoms with E-state index in [0.717, 1.165) is 71.0 Å². The number of aromatic amines is 2. The Bertz CT molecular complexity index is 1460. The van der Waals surface area contributed by atoms with E-state index in [1.807, 2.05) is 14.1 Å². The van der Waals surface area contributed by atoms with Crippen molar-refractivity contribution in [2.45, 2.75) is 0 Å². The van der Waals surface area contributed by atoms with E-state index in [9.17, 15) is 0 Å². The molecule has 1 aliphatic heterocycles. The number of benzene rings is 3. The largest absolute Gasteiger partial charge is 0.378 e. The van der Waals surface area contributed by atoms with E-state index in [1.54, 1.807) is 0 Å². The SMILES string of the molecule is CN1CCN(c2ccc3nc(-c4ccc5nc(-c6ccc(N(C)C)cc6)[nH]c5c4)[nH]c3c2)CC1.Cl. The summed E-state index contributed by atoms with van der Waals surface area (Å²) in [6.45, 7) is 4.30. The van der Waals surface area contributed by atoms with E-state index in [2.05, 4.69) is 92.4 Å². The van der Waals surface area contributed by atoms with E-state index in [1.165, 1.54) is 11.4 Å². The Balaban J connectivity index is 0.00000253. The maximum absolute atomic E-state index is 4.86. The third-order valence-electron chi connectivity index (χ3n) is 6.75. The standard InChI is InChI=1S/C27H29N7.ClH/c1-32(2)20-7-4-18(5-8-20)26-28-22-10-6-19(16-24(22)30-26)27-29-23-11-9-21(17-25(23)31-27)34-14-12-33(3)13-15-34;/h4-11,16-17H,12-15H2,1-3H3,(H,28,30)(H,29,31);1H. The van der Waals surface area contributed by atoms with Crippen LogP contribution in [0.2, 0.25) is 0 Å². The van der Waals surface area contributed by atoms with Gasteiger partial charge in [0.15, 0.2) is 0 Å². The molecular formula is C27H30ClN7. The number of nitrogens with one attached hydrogen (secondary N) is 2. The number of hydrogen-bond donors (Lipinski definition) is 2. The average molecular weight is 488 g/mol. The monoisotopic (exact) mass is 487 g/mol. The number of piperazine rings is 1. The predicted octanol–water partition coefficient (Wildman–Crippen LogP) is 5.01. The Morgan fingerprint density at radius 3 is 1.94 bits per heavy atom. The Morgan fingerprint density at radius 1 is 0.714 bits per heavy atom. The Morgan fingerprint density at radius 2 is 1.29 bits per heavy atom. The lowest BCUT2D eigenvalue weighted by Crippen LogP contribution is -2.44. The van der Waals surface area contributed by atoms with Gasteiger partial charge in [0, 0.05) is 62.8 Å². The van der Waals surface area contributed by atoms with Crippen molar-refractivity contribution in [3.63, 3.8) is 0 Å². The molecule has 0 aliphatic carbocycles. The highest BCUT2D eigenvalue weighted by Crippen LogP contribution is 2.28. The third-order valence-corrected chi connectivity index (χ3v) is 6.75. The second kappa shape index (κ2) is 9.24. The number of H-pyrrole nitrogens is 2. The lowest BCUT2D eigenvalue weighted by molar-refractivity contribution is 0.313. The van der Waals surface area contributed by atoms with Crippen LogP contribution in [-0.2, 0) is 0 Å². The third kappa shape index (κ3) is 4.45. The highest BCUT2D eigenvalue weighted by molar-refractivity contribution is 5.87. The van der Waals surface area contributed by atoms with Gasteiger partial charge in [-0.1, -0.05) is 0 Å². The number of halogens is 1. The van der Waals surface area contributed by atoms with Crippen molar-refractivity contribution in [2.75, 3.05) is 57.1 Å². The Labute approximate surface area is 211 Å². The fourth-order valence-electron chi connectivity index (χ4n) is 4.61. The molecule has 6 rings (SSSR count). The van der Waals surface area contributed by atoms with Gasteiger partial charge in [-0.2, -0.15) is 0 Å². The molecule has 5 aromatic rings. The summed E-state index contributed by atoms with van der Waals surface area (Å²) in [4.78, 5) is 23.6. The first-order valence-electron chi connectivity index (χ1n) is 11.7. The minimum atomic E-state index is 0. The zero-order valence-corrected chi connectivity index (χ0v) is 21.1. The number of fused-ring (bicyclic) bond motifs is 2. The molecule has 1 fully saturated rings. The quantitative estimate of drug-likeness (QED) is 0.373. The highest BCUT2D eigenvalue weighted by Gasteiger charge is 2.16. The van der Waals surface area contributed by atoms with E-state index >= 15 is 0 Å². The van der Waals surface area contributed by atoms with Crippen LogP contribution in [0.5, 0.6) is 0 Å². The van der Waals surface area contributed by atoms with E-state index < -0.39 is 0 Å². The number of likely N-dealkylation sites (N-methyl/N-ethyl adjacent to an activating group) is 1. The number of nitrogens with zero attached hydrogens (tertiary/aromatic N) is 5. The number of hydrogen-bond acceptors (Lipinski definition) is 5. The van der Waals surface area contributed by atoms with Gasteiger partial charge < -0.3 is 24.7 Å². The maximum Gasteiger partial charge on any atom is 0.138 e. The fraction of sp³-hybridized carbons (Fsp3) is 0.259. The van der Waals surface area contributed by atoms with E-state index in [-0.39, 0.29) is 12.4 Å². The molecule has 1 saturated heterocycles. The van der Waals surface area contributed by atoms with Crippen LogP contribution in [0.3, 0.4) is 0 Å². The summed E-state index contributed by atoms with van der Waals surface area (Å²) in [6, 6.07) is 21.2. The van der Waals surface area contributed by atoms with Crippen molar-refractivity contribution < 1.29 is 0 Å². The van der Waals surface area contributed by atoms with Crippen LogP contribution in [0.1, 0.15) is 0 Å². The van der Waals surface area contributed by atoms with Crippen molar-refractivity contribution in [3.05, 3.63) is 60.7 Å². The molecule has 180 valence electrons. The van der Waals surface area contributed by atoms with Crippen LogP contribution in [0.15, 0.2) is 60.7 Å². The summed E-state index contributed by atoms with van der Waals surface area (Å²) in [5.41, 5.74) is 8.54. The van der Waals surface area contributed by atoms with E-state index in [4.69, 9.17) is 9.97 Å². The first kappa shape index (κ1) is 23.2. The second-order valence-corrected chi connectivity index (χ2v) is 9.34. The molecule has 0 radical (unpaired) electrons. The second-order valence-electron chi connectivity index (χ2n) is 9.34. The minimum absolute atomic E-state index is 0. The first-order valence-corrected chi connectivity index (χ1v) is 11.7. The van der Waals surface area contributed by atoms with Gasteiger partial charge in [0.2, 0.25) is 0 Å². The van der Waals surface area contributed by atoms with Gasteiger partial charge in [0.1, 0.15) is 11.6 Å².